The lowest BCUT2D eigenvalue weighted by atomic mass is 10.1. The van der Waals surface area contributed by atoms with Crippen molar-refractivity contribution >= 4 is 0 Å². The molecule has 0 unspecified atom stereocenters. The van der Waals surface area contributed by atoms with E-state index in [0.29, 0.717) is 0 Å². The third kappa shape index (κ3) is 5.30. The van der Waals surface area contributed by atoms with Crippen molar-refractivity contribution in [2.75, 3.05) is 0 Å². The van der Waals surface area contributed by atoms with E-state index in [-0.39, 0.29) is 0 Å². The molecule has 0 nitrogen and oxygen atoms in total. The summed E-state index contributed by atoms with van der Waals surface area (Å²) >= 11 is 0. The van der Waals surface area contributed by atoms with Gasteiger partial charge in [0.15, 0.2) is 0 Å². The Morgan fingerprint density at radius 3 is 1.84 bits per heavy atom. The second-order valence-corrected chi connectivity index (χ2v) is 5.26. The van der Waals surface area contributed by atoms with Crippen molar-refractivity contribution in [3.8, 4) is 0 Å². The Bertz CT molecular complexity index is 489. The van der Waals surface area contributed by atoms with Gasteiger partial charge in [0.25, 0.3) is 0 Å². The van der Waals surface area contributed by atoms with Gasteiger partial charge in [-0.05, 0) is 56.4 Å². The van der Waals surface area contributed by atoms with Crippen molar-refractivity contribution < 1.29 is 0 Å². The number of aryl methyl sites for hydroxylation is 4. The van der Waals surface area contributed by atoms with Gasteiger partial charge in [0.2, 0.25) is 0 Å². The monoisotopic (exact) mass is 254 g/mol. The van der Waals surface area contributed by atoms with E-state index in [4.69, 9.17) is 0 Å². The second kappa shape index (κ2) is 7.78. The number of hydrogen-bond donors (Lipinski definition) is 0. The minimum Gasteiger partial charge on any atom is -0.0651 e. The first-order valence-corrected chi connectivity index (χ1v) is 7.13. The molecule has 0 aliphatic rings. The molecule has 2 aromatic rings. The van der Waals surface area contributed by atoms with Gasteiger partial charge in [0.1, 0.15) is 0 Å². The van der Waals surface area contributed by atoms with Crippen LogP contribution in [-0.2, 0) is 6.42 Å². The number of benzene rings is 2. The van der Waals surface area contributed by atoms with Gasteiger partial charge in [-0.1, -0.05) is 61.4 Å². The molecule has 0 heterocycles. The van der Waals surface area contributed by atoms with E-state index in [9.17, 15) is 0 Å². The molecular formula is C19H26. The molecule has 0 bridgehead atoms. The standard InChI is InChI=1S/C10H14.C9H12/c1-3-5-10-7-4-6-9(2)8-10;1-7-5-4-6-8(2)9(7)3/h4,6-8H,3,5H2,1-2H3;4-6H,1-3H3. The third-order valence-electron chi connectivity index (χ3n) is 3.50. The highest BCUT2D eigenvalue weighted by Crippen LogP contribution is 2.10. The summed E-state index contributed by atoms with van der Waals surface area (Å²) in [5, 5.41) is 0. The Morgan fingerprint density at radius 2 is 1.37 bits per heavy atom. The summed E-state index contributed by atoms with van der Waals surface area (Å²) < 4.78 is 0. The SMILES string of the molecule is CCCc1cccc(C)c1.Cc1cccc(C)c1C. The molecule has 0 atom stereocenters. The second-order valence-electron chi connectivity index (χ2n) is 5.26. The predicted octanol–water partition coefficient (Wildman–Crippen LogP) is 5.56. The largest absolute Gasteiger partial charge is 0.0651 e. The van der Waals surface area contributed by atoms with E-state index in [1.807, 2.05) is 0 Å². The van der Waals surface area contributed by atoms with Crippen LogP contribution >= 0.6 is 0 Å². The molecule has 0 saturated heterocycles. The van der Waals surface area contributed by atoms with Gasteiger partial charge in [-0.25, -0.2) is 0 Å². The van der Waals surface area contributed by atoms with Crippen LogP contribution in [0.3, 0.4) is 0 Å². The fourth-order valence-electron chi connectivity index (χ4n) is 2.05. The Hall–Kier alpha value is -1.56. The molecule has 102 valence electrons. The molecule has 0 spiro atoms. The van der Waals surface area contributed by atoms with E-state index < -0.39 is 0 Å². The molecule has 0 aromatic heterocycles. The van der Waals surface area contributed by atoms with Crippen molar-refractivity contribution in [3.05, 3.63) is 70.3 Å². The first-order chi connectivity index (χ1) is 9.04. The molecule has 0 amide bonds. The Kier molecular flexibility index (Phi) is 6.35. The van der Waals surface area contributed by atoms with E-state index in [1.54, 1.807) is 0 Å². The van der Waals surface area contributed by atoms with Gasteiger partial charge in [0.05, 0.1) is 0 Å². The summed E-state index contributed by atoms with van der Waals surface area (Å²) in [6, 6.07) is 15.1. The smallest absolute Gasteiger partial charge is 0.0281 e. The van der Waals surface area contributed by atoms with Crippen LogP contribution < -0.4 is 0 Å². The number of hydrogen-bond acceptors (Lipinski definition) is 0. The lowest BCUT2D eigenvalue weighted by molar-refractivity contribution is 0.920. The molecule has 0 fully saturated rings. The lowest BCUT2D eigenvalue weighted by Gasteiger charge is -2.00. The molecule has 2 rings (SSSR count). The van der Waals surface area contributed by atoms with E-state index in [0.717, 1.165) is 0 Å². The third-order valence-corrected chi connectivity index (χ3v) is 3.50. The molecule has 0 aliphatic carbocycles. The van der Waals surface area contributed by atoms with E-state index in [2.05, 4.69) is 77.1 Å². The Balaban J connectivity index is 0.000000191. The quantitative estimate of drug-likeness (QED) is 0.658. The molecule has 0 heteroatoms. The van der Waals surface area contributed by atoms with Crippen LogP contribution in [0.15, 0.2) is 42.5 Å². The summed E-state index contributed by atoms with van der Waals surface area (Å²) in [7, 11) is 0. The average molecular weight is 254 g/mol. The maximum Gasteiger partial charge on any atom is -0.0281 e. The molecule has 0 radical (unpaired) electrons. The van der Waals surface area contributed by atoms with Crippen molar-refractivity contribution in [1.82, 2.24) is 0 Å². The highest BCUT2D eigenvalue weighted by molar-refractivity contribution is 5.31. The Morgan fingerprint density at radius 1 is 0.789 bits per heavy atom. The fraction of sp³-hybridized carbons (Fsp3) is 0.368. The van der Waals surface area contributed by atoms with Crippen LogP contribution in [0.2, 0.25) is 0 Å². The van der Waals surface area contributed by atoms with Crippen molar-refractivity contribution in [1.29, 1.82) is 0 Å². The molecule has 19 heavy (non-hydrogen) atoms. The van der Waals surface area contributed by atoms with E-state index >= 15 is 0 Å². The summed E-state index contributed by atoms with van der Waals surface area (Å²) in [6.45, 7) is 10.8. The van der Waals surface area contributed by atoms with Gasteiger partial charge in [-0.15, -0.1) is 0 Å². The maximum atomic E-state index is 2.25. The molecular weight excluding hydrogens is 228 g/mol. The summed E-state index contributed by atoms with van der Waals surface area (Å²) in [5.41, 5.74) is 7.01. The van der Waals surface area contributed by atoms with Gasteiger partial charge in [0, 0.05) is 0 Å². The first-order valence-electron chi connectivity index (χ1n) is 7.13. The van der Waals surface area contributed by atoms with Gasteiger partial charge < -0.3 is 0 Å². The lowest BCUT2D eigenvalue weighted by Crippen LogP contribution is -1.82. The highest BCUT2D eigenvalue weighted by Gasteiger charge is 1.92. The normalized spacial score (nSPS) is 9.74. The van der Waals surface area contributed by atoms with Gasteiger partial charge >= 0.3 is 0 Å². The van der Waals surface area contributed by atoms with Crippen LogP contribution in [0.5, 0.6) is 0 Å². The fourth-order valence-corrected chi connectivity index (χ4v) is 2.05. The minimum atomic E-state index is 1.21. The summed E-state index contributed by atoms with van der Waals surface area (Å²) in [6.07, 6.45) is 2.45. The van der Waals surface area contributed by atoms with E-state index in [1.165, 1.54) is 40.7 Å². The van der Waals surface area contributed by atoms with Crippen LogP contribution in [0.25, 0.3) is 0 Å². The zero-order valence-corrected chi connectivity index (χ0v) is 13.0. The molecule has 0 N–H and O–H groups in total. The first kappa shape index (κ1) is 15.5. The van der Waals surface area contributed by atoms with Crippen molar-refractivity contribution in [2.45, 2.75) is 47.5 Å². The minimum absolute atomic E-state index is 1.21. The number of rotatable bonds is 2. The van der Waals surface area contributed by atoms with Crippen LogP contribution in [-0.4, -0.2) is 0 Å². The molecule has 0 saturated carbocycles. The summed E-state index contributed by atoms with van der Waals surface area (Å²) in [4.78, 5) is 0. The maximum absolute atomic E-state index is 2.25. The average Bonchev–Trinajstić information content (AvgIpc) is 2.37. The molecule has 0 aliphatic heterocycles. The highest BCUT2D eigenvalue weighted by atomic mass is 14.0. The van der Waals surface area contributed by atoms with Crippen LogP contribution in [0.1, 0.15) is 41.2 Å². The molecule has 2 aromatic carbocycles. The Labute approximate surface area is 118 Å². The van der Waals surface area contributed by atoms with Crippen LogP contribution in [0, 0.1) is 27.7 Å². The van der Waals surface area contributed by atoms with Crippen molar-refractivity contribution in [3.63, 3.8) is 0 Å². The van der Waals surface area contributed by atoms with Crippen LogP contribution in [0.4, 0.5) is 0 Å². The zero-order chi connectivity index (χ0) is 14.3. The topological polar surface area (TPSA) is 0 Å². The zero-order valence-electron chi connectivity index (χ0n) is 13.0. The van der Waals surface area contributed by atoms with Gasteiger partial charge in [-0.2, -0.15) is 0 Å². The van der Waals surface area contributed by atoms with Crippen molar-refractivity contribution in [2.24, 2.45) is 0 Å². The summed E-state index contributed by atoms with van der Waals surface area (Å²) in [5.74, 6) is 0. The predicted molar refractivity (Wildman–Crippen MR) is 85.8 cm³/mol. The van der Waals surface area contributed by atoms with Gasteiger partial charge in [-0.3, -0.25) is 0 Å².